The van der Waals surface area contributed by atoms with Crippen LogP contribution in [0.2, 0.25) is 0 Å². The van der Waals surface area contributed by atoms with Crippen LogP contribution >= 0.6 is 0 Å². The Morgan fingerprint density at radius 1 is 1.57 bits per heavy atom. The van der Waals surface area contributed by atoms with Crippen LogP contribution in [0.1, 0.15) is 12.8 Å². The van der Waals surface area contributed by atoms with E-state index in [9.17, 15) is 9.59 Å². The van der Waals surface area contributed by atoms with Gasteiger partial charge in [0.25, 0.3) is 0 Å². The van der Waals surface area contributed by atoms with Gasteiger partial charge in [-0.3, -0.25) is 14.9 Å². The predicted octanol–water partition coefficient (Wildman–Crippen LogP) is 0.213. The zero-order chi connectivity index (χ0) is 10.2. The number of H-pyrrole nitrogens is 1. The summed E-state index contributed by atoms with van der Waals surface area (Å²) in [5.74, 6) is -1.29. The minimum Gasteiger partial charge on any atom is -0.480 e. The summed E-state index contributed by atoms with van der Waals surface area (Å²) in [5.41, 5.74) is -1.22. The van der Waals surface area contributed by atoms with E-state index in [-0.39, 0.29) is 5.95 Å². The zero-order valence-corrected chi connectivity index (χ0v) is 7.28. The first-order chi connectivity index (χ1) is 6.65. The number of carbonyl (C=O) groups excluding carboxylic acids is 1. The first-order valence-electron chi connectivity index (χ1n) is 4.19. The van der Waals surface area contributed by atoms with Crippen LogP contribution in [0.4, 0.5) is 5.95 Å². The van der Waals surface area contributed by atoms with Crippen molar-refractivity contribution in [3.05, 3.63) is 12.4 Å². The Morgan fingerprint density at radius 3 is 2.71 bits per heavy atom. The molecule has 0 bridgehead atoms. The highest BCUT2D eigenvalue weighted by molar-refractivity contribution is 6.10. The molecule has 1 aromatic heterocycles. The number of hydrogen-bond acceptors (Lipinski definition) is 3. The third-order valence-corrected chi connectivity index (χ3v) is 2.32. The lowest BCUT2D eigenvalue weighted by atomic mass is 10.1. The van der Waals surface area contributed by atoms with Crippen LogP contribution in [0.15, 0.2) is 12.4 Å². The average molecular weight is 195 g/mol. The van der Waals surface area contributed by atoms with Crippen LogP contribution in [0.3, 0.4) is 0 Å². The van der Waals surface area contributed by atoms with E-state index < -0.39 is 17.3 Å². The highest BCUT2D eigenvalue weighted by atomic mass is 16.4. The normalized spacial score (nSPS) is 17.4. The van der Waals surface area contributed by atoms with E-state index in [1.54, 1.807) is 6.20 Å². The number of carbonyl (C=O) groups is 2. The summed E-state index contributed by atoms with van der Waals surface area (Å²) in [7, 11) is 0. The van der Waals surface area contributed by atoms with E-state index in [4.69, 9.17) is 5.11 Å². The second-order valence-corrected chi connectivity index (χ2v) is 3.28. The fourth-order valence-electron chi connectivity index (χ4n) is 1.22. The molecule has 1 saturated carbocycles. The molecule has 0 aromatic carbocycles. The molecule has 1 aliphatic rings. The monoisotopic (exact) mass is 195 g/mol. The highest BCUT2D eigenvalue weighted by Gasteiger charge is 2.57. The summed E-state index contributed by atoms with van der Waals surface area (Å²) in [4.78, 5) is 28.7. The summed E-state index contributed by atoms with van der Waals surface area (Å²) in [6, 6.07) is 0. The standard InChI is InChI=1S/C8H9N3O3/c12-5(8(1-2-8)6(13)14)11-7-9-3-4-10-7/h3-4H,1-2H2,(H,13,14)(H2,9,10,11,12). The Morgan fingerprint density at radius 2 is 2.29 bits per heavy atom. The summed E-state index contributed by atoms with van der Waals surface area (Å²) in [5, 5.41) is 11.2. The molecule has 0 radical (unpaired) electrons. The number of rotatable bonds is 3. The first-order valence-corrected chi connectivity index (χ1v) is 4.19. The molecule has 0 atom stereocenters. The van der Waals surface area contributed by atoms with Crippen molar-refractivity contribution in [1.29, 1.82) is 0 Å². The Balaban J connectivity index is 2.07. The highest BCUT2D eigenvalue weighted by Crippen LogP contribution is 2.46. The first kappa shape index (κ1) is 8.74. The van der Waals surface area contributed by atoms with Gasteiger partial charge >= 0.3 is 5.97 Å². The van der Waals surface area contributed by atoms with Crippen molar-refractivity contribution in [2.75, 3.05) is 5.32 Å². The number of anilines is 1. The minimum absolute atomic E-state index is 0.280. The molecular formula is C8H9N3O3. The number of nitrogens with zero attached hydrogens (tertiary/aromatic N) is 1. The summed E-state index contributed by atoms with van der Waals surface area (Å²) in [6.07, 6.45) is 3.83. The molecule has 1 fully saturated rings. The molecule has 1 amide bonds. The number of aliphatic carboxylic acids is 1. The number of imidazole rings is 1. The number of carboxylic acid groups (broad SMARTS) is 1. The molecular weight excluding hydrogens is 186 g/mol. The molecule has 74 valence electrons. The van der Waals surface area contributed by atoms with Crippen LogP contribution in [-0.2, 0) is 9.59 Å². The van der Waals surface area contributed by atoms with Crippen LogP contribution < -0.4 is 5.32 Å². The van der Waals surface area contributed by atoms with Crippen molar-refractivity contribution in [2.24, 2.45) is 5.41 Å². The third-order valence-electron chi connectivity index (χ3n) is 2.32. The molecule has 0 saturated heterocycles. The Hall–Kier alpha value is -1.85. The number of aromatic amines is 1. The number of aromatic nitrogens is 2. The second-order valence-electron chi connectivity index (χ2n) is 3.28. The van der Waals surface area contributed by atoms with Gasteiger partial charge in [-0.2, -0.15) is 0 Å². The molecule has 0 unspecified atom stereocenters. The largest absolute Gasteiger partial charge is 0.480 e. The second kappa shape index (κ2) is 2.83. The summed E-state index contributed by atoms with van der Waals surface area (Å²) >= 11 is 0. The molecule has 6 heteroatoms. The lowest BCUT2D eigenvalue weighted by Gasteiger charge is -2.07. The van der Waals surface area contributed by atoms with Gasteiger partial charge in [-0.1, -0.05) is 0 Å². The van der Waals surface area contributed by atoms with Crippen LogP contribution in [0.25, 0.3) is 0 Å². The van der Waals surface area contributed by atoms with Gasteiger partial charge in [0.2, 0.25) is 11.9 Å². The maximum absolute atomic E-state index is 11.5. The Kier molecular flexibility index (Phi) is 1.77. The SMILES string of the molecule is O=C(O)C1(C(=O)Nc2ncc[nH]2)CC1. The van der Waals surface area contributed by atoms with Gasteiger partial charge in [-0.25, -0.2) is 4.98 Å². The predicted molar refractivity (Wildman–Crippen MR) is 46.5 cm³/mol. The lowest BCUT2D eigenvalue weighted by molar-refractivity contribution is -0.147. The van der Waals surface area contributed by atoms with Crippen molar-refractivity contribution >= 4 is 17.8 Å². The molecule has 1 aromatic rings. The number of nitrogens with one attached hydrogen (secondary N) is 2. The molecule has 0 spiro atoms. The van der Waals surface area contributed by atoms with E-state index in [1.807, 2.05) is 0 Å². The maximum atomic E-state index is 11.5. The van der Waals surface area contributed by atoms with Crippen molar-refractivity contribution < 1.29 is 14.7 Å². The molecule has 1 aliphatic carbocycles. The topological polar surface area (TPSA) is 95.1 Å². The lowest BCUT2D eigenvalue weighted by Crippen LogP contribution is -2.31. The number of amides is 1. The van der Waals surface area contributed by atoms with Crippen LogP contribution in [-0.4, -0.2) is 27.0 Å². The van der Waals surface area contributed by atoms with Crippen molar-refractivity contribution in [3.8, 4) is 0 Å². The zero-order valence-electron chi connectivity index (χ0n) is 7.28. The van der Waals surface area contributed by atoms with E-state index in [0.717, 1.165) is 0 Å². The Labute approximate surface area is 79.3 Å². The molecule has 14 heavy (non-hydrogen) atoms. The number of carboxylic acids is 1. The van der Waals surface area contributed by atoms with Crippen molar-refractivity contribution in [2.45, 2.75) is 12.8 Å². The van der Waals surface area contributed by atoms with E-state index in [2.05, 4.69) is 15.3 Å². The quantitative estimate of drug-likeness (QED) is 0.601. The average Bonchev–Trinajstić information content (AvgIpc) is 2.81. The van der Waals surface area contributed by atoms with E-state index in [0.29, 0.717) is 12.8 Å². The minimum atomic E-state index is -1.22. The Bertz CT molecular complexity index is 367. The fourth-order valence-corrected chi connectivity index (χ4v) is 1.22. The van der Waals surface area contributed by atoms with E-state index >= 15 is 0 Å². The molecule has 2 rings (SSSR count). The number of hydrogen-bond donors (Lipinski definition) is 3. The molecule has 1 heterocycles. The van der Waals surface area contributed by atoms with Gasteiger partial charge < -0.3 is 10.1 Å². The molecule has 0 aliphatic heterocycles. The van der Waals surface area contributed by atoms with Gasteiger partial charge in [0.1, 0.15) is 5.41 Å². The van der Waals surface area contributed by atoms with Gasteiger partial charge in [0.15, 0.2) is 0 Å². The molecule has 3 N–H and O–H groups in total. The third kappa shape index (κ3) is 1.24. The molecule has 6 nitrogen and oxygen atoms in total. The van der Waals surface area contributed by atoms with Gasteiger partial charge in [0.05, 0.1) is 0 Å². The van der Waals surface area contributed by atoms with E-state index in [1.165, 1.54) is 6.20 Å². The van der Waals surface area contributed by atoms with Gasteiger partial charge in [-0.05, 0) is 12.8 Å². The maximum Gasteiger partial charge on any atom is 0.319 e. The fraction of sp³-hybridized carbons (Fsp3) is 0.375. The van der Waals surface area contributed by atoms with Gasteiger partial charge in [0, 0.05) is 12.4 Å². The summed E-state index contributed by atoms with van der Waals surface area (Å²) in [6.45, 7) is 0. The van der Waals surface area contributed by atoms with Crippen molar-refractivity contribution in [1.82, 2.24) is 9.97 Å². The summed E-state index contributed by atoms with van der Waals surface area (Å²) < 4.78 is 0. The van der Waals surface area contributed by atoms with Crippen LogP contribution in [0, 0.1) is 5.41 Å². The van der Waals surface area contributed by atoms with Gasteiger partial charge in [-0.15, -0.1) is 0 Å². The van der Waals surface area contributed by atoms with Crippen molar-refractivity contribution in [3.63, 3.8) is 0 Å². The smallest absolute Gasteiger partial charge is 0.319 e. The van der Waals surface area contributed by atoms with Crippen LogP contribution in [0.5, 0.6) is 0 Å².